The van der Waals surface area contributed by atoms with E-state index in [4.69, 9.17) is 9.72 Å². The van der Waals surface area contributed by atoms with Gasteiger partial charge in [0.05, 0.1) is 28.5 Å². The monoisotopic (exact) mass is 535 g/mol. The van der Waals surface area contributed by atoms with E-state index in [-0.39, 0.29) is 23.2 Å². The van der Waals surface area contributed by atoms with Crippen LogP contribution in [-0.4, -0.2) is 52.6 Å². The largest absolute Gasteiger partial charge is 0.384 e. The summed E-state index contributed by atoms with van der Waals surface area (Å²) in [6.07, 6.45) is 3.27. The lowest BCUT2D eigenvalue weighted by molar-refractivity contribution is 0.0498. The van der Waals surface area contributed by atoms with Crippen molar-refractivity contribution in [1.82, 2.24) is 34.3 Å². The second-order valence-electron chi connectivity index (χ2n) is 10.7. The van der Waals surface area contributed by atoms with Crippen molar-refractivity contribution in [2.45, 2.75) is 51.8 Å². The fourth-order valence-electron chi connectivity index (χ4n) is 5.96. The van der Waals surface area contributed by atoms with Gasteiger partial charge in [-0.15, -0.1) is 5.10 Å². The maximum atomic E-state index is 14.5. The van der Waals surface area contributed by atoms with Crippen LogP contribution in [0, 0.1) is 12.8 Å². The predicted molar refractivity (Wildman–Crippen MR) is 142 cm³/mol. The fourth-order valence-corrected chi connectivity index (χ4v) is 5.96. The second kappa shape index (κ2) is 9.49. The minimum atomic E-state index is -2.91. The van der Waals surface area contributed by atoms with E-state index in [2.05, 4.69) is 32.1 Å². The Kier molecular flexibility index (Phi) is 6.22. The van der Waals surface area contributed by atoms with Crippen LogP contribution in [0.5, 0.6) is 0 Å². The molecule has 4 aromatic heterocycles. The third-order valence-electron chi connectivity index (χ3n) is 7.64. The molecule has 1 aromatic carbocycles. The van der Waals surface area contributed by atoms with Crippen molar-refractivity contribution >= 4 is 22.1 Å². The minimum absolute atomic E-state index is 0.160. The highest BCUT2D eigenvalue weighted by atomic mass is 19.3. The fraction of sp³-hybridized carbons (Fsp3) is 0.429. The van der Waals surface area contributed by atoms with Gasteiger partial charge in [-0.25, -0.2) is 4.68 Å². The second-order valence-corrected chi connectivity index (χ2v) is 10.7. The minimum Gasteiger partial charge on any atom is -0.384 e. The number of rotatable bonds is 6. The molecule has 0 aliphatic carbocycles. The molecule has 204 valence electrons. The van der Waals surface area contributed by atoms with E-state index in [9.17, 15) is 13.9 Å². The highest BCUT2D eigenvalue weighted by Gasteiger charge is 2.37. The summed E-state index contributed by atoms with van der Waals surface area (Å²) in [5, 5.41) is 23.8. The van der Waals surface area contributed by atoms with Gasteiger partial charge in [0.2, 0.25) is 0 Å². The highest BCUT2D eigenvalue weighted by Crippen LogP contribution is 2.44. The first kappa shape index (κ1) is 25.6. The summed E-state index contributed by atoms with van der Waals surface area (Å²) < 4.78 is 39.1. The van der Waals surface area contributed by atoms with Crippen molar-refractivity contribution in [2.24, 2.45) is 13.0 Å². The molecule has 0 amide bonds. The van der Waals surface area contributed by atoms with Gasteiger partial charge >= 0.3 is 6.55 Å². The Morgan fingerprint density at radius 1 is 1.10 bits per heavy atom. The van der Waals surface area contributed by atoms with Crippen molar-refractivity contribution in [2.75, 3.05) is 13.2 Å². The first-order chi connectivity index (χ1) is 18.7. The topological polar surface area (TPSA) is 95.8 Å². The SMILES string of the molecule is Cc1nnn(C)c1-c1cnc2c3c(c(C(C)(C)O)nn3C(F)F)n(C(c3ccccc3)C3CCOCC3)c2c1. The summed E-state index contributed by atoms with van der Waals surface area (Å²) in [7, 11) is 1.81. The van der Waals surface area contributed by atoms with Crippen LogP contribution in [0.2, 0.25) is 0 Å². The van der Waals surface area contributed by atoms with E-state index in [1.54, 1.807) is 24.7 Å². The van der Waals surface area contributed by atoms with Crippen LogP contribution in [0.15, 0.2) is 42.6 Å². The number of ether oxygens (including phenoxy) is 1. The molecule has 0 bridgehead atoms. The first-order valence-electron chi connectivity index (χ1n) is 13.1. The molecule has 0 radical (unpaired) electrons. The van der Waals surface area contributed by atoms with E-state index in [0.29, 0.717) is 34.4 Å². The number of nitrogens with zero attached hydrogens (tertiary/aromatic N) is 7. The lowest BCUT2D eigenvalue weighted by atomic mass is 9.86. The van der Waals surface area contributed by atoms with Gasteiger partial charge < -0.3 is 14.4 Å². The van der Waals surface area contributed by atoms with Crippen LogP contribution in [-0.2, 0) is 17.4 Å². The van der Waals surface area contributed by atoms with Gasteiger partial charge in [0.15, 0.2) is 0 Å². The molecule has 1 unspecified atom stereocenters. The van der Waals surface area contributed by atoms with Crippen LogP contribution < -0.4 is 0 Å². The molecule has 11 heteroatoms. The van der Waals surface area contributed by atoms with Crippen LogP contribution in [0.1, 0.15) is 56.2 Å². The summed E-state index contributed by atoms with van der Waals surface area (Å²) in [6.45, 7) is 3.34. The number of aliphatic hydroxyl groups is 1. The Bertz CT molecular complexity index is 1620. The molecule has 5 aromatic rings. The Morgan fingerprint density at radius 2 is 1.82 bits per heavy atom. The number of pyridine rings is 1. The van der Waals surface area contributed by atoms with E-state index in [0.717, 1.165) is 35.4 Å². The van der Waals surface area contributed by atoms with Crippen molar-refractivity contribution in [3.8, 4) is 11.3 Å². The number of halogens is 2. The molecule has 1 aliphatic heterocycles. The average molecular weight is 536 g/mol. The molecular weight excluding hydrogens is 504 g/mol. The molecule has 39 heavy (non-hydrogen) atoms. The van der Waals surface area contributed by atoms with Gasteiger partial charge in [0.25, 0.3) is 0 Å². The lowest BCUT2D eigenvalue weighted by Gasteiger charge is -2.33. The predicted octanol–water partition coefficient (Wildman–Crippen LogP) is 5.13. The number of hydrogen-bond donors (Lipinski definition) is 1. The number of fused-ring (bicyclic) bond motifs is 3. The summed E-state index contributed by atoms with van der Waals surface area (Å²) in [5.74, 6) is 0.160. The van der Waals surface area contributed by atoms with E-state index >= 15 is 0 Å². The zero-order chi connectivity index (χ0) is 27.5. The van der Waals surface area contributed by atoms with E-state index in [1.165, 1.54) is 0 Å². The van der Waals surface area contributed by atoms with Gasteiger partial charge in [-0.1, -0.05) is 35.5 Å². The van der Waals surface area contributed by atoms with Crippen LogP contribution in [0.25, 0.3) is 33.3 Å². The van der Waals surface area contributed by atoms with E-state index in [1.807, 2.05) is 38.2 Å². The maximum absolute atomic E-state index is 14.5. The molecule has 0 spiro atoms. The smallest absolute Gasteiger partial charge is 0.333 e. The molecular formula is C28H31F2N7O2. The summed E-state index contributed by atoms with van der Waals surface area (Å²) in [6, 6.07) is 11.8. The van der Waals surface area contributed by atoms with Crippen LogP contribution in [0.3, 0.4) is 0 Å². The third-order valence-corrected chi connectivity index (χ3v) is 7.64. The third kappa shape index (κ3) is 4.20. The zero-order valence-corrected chi connectivity index (χ0v) is 22.3. The highest BCUT2D eigenvalue weighted by molar-refractivity contribution is 6.06. The van der Waals surface area contributed by atoms with Gasteiger partial charge in [0.1, 0.15) is 22.3 Å². The number of benzene rings is 1. The molecule has 0 saturated carbocycles. The summed E-state index contributed by atoms with van der Waals surface area (Å²) in [5.41, 5.74) is 3.80. The molecule has 1 fully saturated rings. The summed E-state index contributed by atoms with van der Waals surface area (Å²) in [4.78, 5) is 4.74. The zero-order valence-electron chi connectivity index (χ0n) is 22.3. The normalized spacial score (nSPS) is 16.1. The van der Waals surface area contributed by atoms with Crippen molar-refractivity contribution in [3.05, 3.63) is 59.5 Å². The van der Waals surface area contributed by atoms with Gasteiger partial charge in [-0.3, -0.25) is 4.98 Å². The van der Waals surface area contributed by atoms with Crippen LogP contribution >= 0.6 is 0 Å². The lowest BCUT2D eigenvalue weighted by Crippen LogP contribution is -2.28. The quantitative estimate of drug-likeness (QED) is 0.324. The Balaban J connectivity index is 1.76. The molecule has 6 rings (SSSR count). The number of hydrogen-bond acceptors (Lipinski definition) is 6. The number of aryl methyl sites for hydroxylation is 2. The average Bonchev–Trinajstić information content (AvgIpc) is 3.57. The Hall–Kier alpha value is -3.70. The number of aromatic nitrogens is 7. The Morgan fingerprint density at radius 3 is 2.44 bits per heavy atom. The van der Waals surface area contributed by atoms with Crippen molar-refractivity contribution < 1.29 is 18.6 Å². The maximum Gasteiger partial charge on any atom is 0.333 e. The van der Waals surface area contributed by atoms with Crippen molar-refractivity contribution in [1.29, 1.82) is 0 Å². The number of alkyl halides is 2. The molecule has 1 saturated heterocycles. The van der Waals surface area contributed by atoms with E-state index < -0.39 is 12.2 Å². The van der Waals surface area contributed by atoms with Gasteiger partial charge in [0, 0.05) is 32.0 Å². The van der Waals surface area contributed by atoms with Crippen LogP contribution in [0.4, 0.5) is 8.78 Å². The molecule has 5 heterocycles. The summed E-state index contributed by atoms with van der Waals surface area (Å²) >= 11 is 0. The Labute approximate surface area is 224 Å². The molecule has 1 aliphatic rings. The molecule has 1 atom stereocenters. The van der Waals surface area contributed by atoms with Crippen molar-refractivity contribution in [3.63, 3.8) is 0 Å². The standard InChI is InChI=1S/C28H31F2N7O2/c1-16-22(35(4)34-32-16)19-14-20-21(31-15-19)24-25(26(28(2,3)38)33-37(24)27(29)30)36(20)23(17-8-6-5-7-9-17)18-10-12-39-13-11-18/h5-9,14-15,18,23,27,38H,10-13H2,1-4H3. The van der Waals surface area contributed by atoms with Gasteiger partial charge in [-0.2, -0.15) is 18.6 Å². The first-order valence-corrected chi connectivity index (χ1v) is 13.1. The molecule has 1 N–H and O–H groups in total. The van der Waals surface area contributed by atoms with Gasteiger partial charge in [-0.05, 0) is 51.2 Å². The molecule has 9 nitrogen and oxygen atoms in total.